The van der Waals surface area contributed by atoms with Crippen LogP contribution in [0.5, 0.6) is 0 Å². The van der Waals surface area contributed by atoms with Crippen LogP contribution >= 0.6 is 11.3 Å². The molecule has 5 N–H and O–H groups in total. The Balaban J connectivity index is 2.65. The number of carboxylic acids is 1. The van der Waals surface area contributed by atoms with E-state index in [2.05, 4.69) is 10.6 Å². The molecule has 0 saturated heterocycles. The number of nitrogens with one attached hydrogen (secondary N) is 2. The number of amides is 3. The number of carbonyl (C=O) groups excluding carboxylic acids is 2. The Morgan fingerprint density at radius 1 is 1.33 bits per heavy atom. The molecule has 1 aromatic rings. The van der Waals surface area contributed by atoms with Crippen LogP contribution in [0.1, 0.15) is 34.7 Å². The van der Waals surface area contributed by atoms with Gasteiger partial charge in [0.05, 0.1) is 12.5 Å². The molecule has 2 atom stereocenters. The lowest BCUT2D eigenvalue weighted by Gasteiger charge is -2.17. The van der Waals surface area contributed by atoms with Gasteiger partial charge in [-0.3, -0.25) is 4.79 Å². The van der Waals surface area contributed by atoms with E-state index in [1.807, 2.05) is 19.9 Å². The molecule has 0 aliphatic rings. The van der Waals surface area contributed by atoms with E-state index in [1.54, 1.807) is 18.3 Å². The number of aryl methyl sites for hydroxylation is 2. The fourth-order valence-electron chi connectivity index (χ4n) is 1.96. The summed E-state index contributed by atoms with van der Waals surface area (Å²) >= 11 is 1.62. The van der Waals surface area contributed by atoms with E-state index < -0.39 is 30.4 Å². The van der Waals surface area contributed by atoms with Crippen molar-refractivity contribution in [2.24, 2.45) is 5.73 Å². The fraction of sp³-hybridized carbons (Fsp3) is 0.462. The van der Waals surface area contributed by atoms with Crippen molar-refractivity contribution in [3.05, 3.63) is 21.4 Å². The maximum atomic E-state index is 11.8. The van der Waals surface area contributed by atoms with Crippen molar-refractivity contribution in [3.8, 4) is 0 Å². The minimum absolute atomic E-state index is 0.266. The number of hydrogen-bond donors (Lipinski definition) is 4. The summed E-state index contributed by atoms with van der Waals surface area (Å²) in [5.41, 5.74) is 5.93. The summed E-state index contributed by atoms with van der Waals surface area (Å²) in [6, 6.07) is -0.277. The van der Waals surface area contributed by atoms with Gasteiger partial charge in [0, 0.05) is 9.75 Å². The van der Waals surface area contributed by atoms with Crippen LogP contribution < -0.4 is 16.4 Å². The lowest BCUT2D eigenvalue weighted by molar-refractivity contribution is -0.140. The van der Waals surface area contributed by atoms with Gasteiger partial charge in [-0.15, -0.1) is 11.3 Å². The molecule has 0 radical (unpaired) electrons. The Morgan fingerprint density at radius 2 is 1.95 bits per heavy atom. The number of carbonyl (C=O) groups is 3. The number of thiophene rings is 1. The molecule has 0 aromatic carbocycles. The van der Waals surface area contributed by atoms with Crippen LogP contribution in [-0.4, -0.2) is 29.1 Å². The zero-order valence-electron chi connectivity index (χ0n) is 12.1. The summed E-state index contributed by atoms with van der Waals surface area (Å²) in [6.07, 6.45) is -0.451. The smallest absolute Gasteiger partial charge is 0.326 e. The van der Waals surface area contributed by atoms with Crippen molar-refractivity contribution in [2.45, 2.75) is 39.3 Å². The average molecular weight is 313 g/mol. The van der Waals surface area contributed by atoms with Crippen molar-refractivity contribution in [2.75, 3.05) is 0 Å². The lowest BCUT2D eigenvalue weighted by Crippen LogP contribution is -2.48. The van der Waals surface area contributed by atoms with E-state index in [9.17, 15) is 14.4 Å². The van der Waals surface area contributed by atoms with E-state index >= 15 is 0 Å². The number of hydrogen-bond acceptors (Lipinski definition) is 4. The van der Waals surface area contributed by atoms with Gasteiger partial charge in [-0.05, 0) is 32.4 Å². The van der Waals surface area contributed by atoms with Gasteiger partial charge in [0.1, 0.15) is 6.04 Å². The predicted molar refractivity (Wildman–Crippen MR) is 79.1 cm³/mol. The average Bonchev–Trinajstić information content (AvgIpc) is 2.66. The normalized spacial score (nSPS) is 13.3. The van der Waals surface area contributed by atoms with E-state index in [-0.39, 0.29) is 6.04 Å². The molecule has 0 spiro atoms. The van der Waals surface area contributed by atoms with Gasteiger partial charge in [-0.1, -0.05) is 0 Å². The van der Waals surface area contributed by atoms with E-state index in [0.29, 0.717) is 0 Å². The van der Waals surface area contributed by atoms with Crippen molar-refractivity contribution in [3.63, 3.8) is 0 Å². The molecule has 0 aliphatic heterocycles. The molecule has 7 nitrogen and oxygen atoms in total. The van der Waals surface area contributed by atoms with Crippen LogP contribution in [0.2, 0.25) is 0 Å². The highest BCUT2D eigenvalue weighted by molar-refractivity contribution is 7.12. The number of nitrogens with two attached hydrogens (primary N) is 1. The Labute approximate surface area is 126 Å². The Bertz CT molecular complexity index is 556. The molecule has 116 valence electrons. The van der Waals surface area contributed by atoms with Crippen LogP contribution in [0.25, 0.3) is 0 Å². The highest BCUT2D eigenvalue weighted by Crippen LogP contribution is 2.25. The van der Waals surface area contributed by atoms with Gasteiger partial charge < -0.3 is 21.5 Å². The van der Waals surface area contributed by atoms with Gasteiger partial charge in [-0.25, -0.2) is 9.59 Å². The molecule has 0 aliphatic carbocycles. The molecule has 0 saturated carbocycles. The molecular weight excluding hydrogens is 294 g/mol. The molecule has 3 amide bonds. The molecule has 0 fully saturated rings. The van der Waals surface area contributed by atoms with Crippen LogP contribution in [-0.2, 0) is 9.59 Å². The first-order valence-corrected chi connectivity index (χ1v) is 7.17. The lowest BCUT2D eigenvalue weighted by atomic mass is 10.1. The first-order chi connectivity index (χ1) is 9.70. The molecular formula is C13H19N3O4S. The quantitative estimate of drug-likeness (QED) is 0.627. The largest absolute Gasteiger partial charge is 0.480 e. The first-order valence-electron chi connectivity index (χ1n) is 6.35. The summed E-state index contributed by atoms with van der Waals surface area (Å²) in [7, 11) is 0. The maximum Gasteiger partial charge on any atom is 0.326 e. The van der Waals surface area contributed by atoms with Gasteiger partial charge in [0.15, 0.2) is 0 Å². The third-order valence-corrected chi connectivity index (χ3v) is 3.88. The summed E-state index contributed by atoms with van der Waals surface area (Å²) in [6.45, 7) is 5.73. The van der Waals surface area contributed by atoms with Gasteiger partial charge in [0.25, 0.3) is 0 Å². The van der Waals surface area contributed by atoms with Crippen molar-refractivity contribution in [1.29, 1.82) is 0 Å². The molecule has 1 aromatic heterocycles. The van der Waals surface area contributed by atoms with Crippen molar-refractivity contribution in [1.82, 2.24) is 10.6 Å². The van der Waals surface area contributed by atoms with Crippen LogP contribution in [0.3, 0.4) is 0 Å². The van der Waals surface area contributed by atoms with E-state index in [0.717, 1.165) is 15.3 Å². The number of carboxylic acid groups (broad SMARTS) is 1. The molecule has 2 unspecified atom stereocenters. The van der Waals surface area contributed by atoms with Gasteiger partial charge in [-0.2, -0.15) is 0 Å². The molecule has 21 heavy (non-hydrogen) atoms. The fourth-order valence-corrected chi connectivity index (χ4v) is 2.98. The van der Waals surface area contributed by atoms with Crippen molar-refractivity contribution < 1.29 is 19.5 Å². The number of rotatable bonds is 6. The SMILES string of the molecule is Cc1cc(C(C)NC(=O)NC(CC(N)=O)C(=O)O)c(C)s1. The minimum Gasteiger partial charge on any atom is -0.480 e. The minimum atomic E-state index is -1.33. The van der Waals surface area contributed by atoms with Crippen LogP contribution in [0, 0.1) is 13.8 Å². The molecule has 0 bridgehead atoms. The Kier molecular flexibility index (Phi) is 5.71. The number of aliphatic carboxylic acids is 1. The predicted octanol–water partition coefficient (Wildman–Crippen LogP) is 1.05. The summed E-state index contributed by atoms with van der Waals surface area (Å²) in [5.74, 6) is -2.10. The second kappa shape index (κ2) is 7.07. The summed E-state index contributed by atoms with van der Waals surface area (Å²) < 4.78 is 0. The Morgan fingerprint density at radius 3 is 2.38 bits per heavy atom. The monoisotopic (exact) mass is 313 g/mol. The van der Waals surface area contributed by atoms with Crippen LogP contribution in [0.15, 0.2) is 6.07 Å². The maximum absolute atomic E-state index is 11.8. The molecule has 1 heterocycles. The Hall–Kier alpha value is -2.09. The second-order valence-corrected chi connectivity index (χ2v) is 6.23. The third kappa shape index (κ3) is 5.07. The van der Waals surface area contributed by atoms with Crippen LogP contribution in [0.4, 0.5) is 4.79 Å². The van der Waals surface area contributed by atoms with E-state index in [4.69, 9.17) is 10.8 Å². The molecule has 8 heteroatoms. The third-order valence-electron chi connectivity index (χ3n) is 2.90. The van der Waals surface area contributed by atoms with E-state index in [1.165, 1.54) is 0 Å². The van der Waals surface area contributed by atoms with Crippen molar-refractivity contribution >= 4 is 29.2 Å². The van der Waals surface area contributed by atoms with Gasteiger partial charge in [0.2, 0.25) is 5.91 Å². The summed E-state index contributed by atoms with van der Waals surface area (Å²) in [4.78, 5) is 35.7. The number of urea groups is 1. The topological polar surface area (TPSA) is 122 Å². The zero-order chi connectivity index (χ0) is 16.2. The summed E-state index contributed by atoms with van der Waals surface area (Å²) in [5, 5.41) is 13.8. The standard InChI is InChI=1S/C13H19N3O4S/c1-6-4-9(8(3)21-6)7(2)15-13(20)16-10(12(18)19)5-11(14)17/h4,7,10H,5H2,1-3H3,(H2,14,17)(H,18,19)(H2,15,16,20). The highest BCUT2D eigenvalue weighted by atomic mass is 32.1. The highest BCUT2D eigenvalue weighted by Gasteiger charge is 2.23. The molecule has 1 rings (SSSR count). The second-order valence-electron chi connectivity index (χ2n) is 4.77. The van der Waals surface area contributed by atoms with Gasteiger partial charge >= 0.3 is 12.0 Å². The first kappa shape index (κ1) is 17.0. The zero-order valence-corrected chi connectivity index (χ0v) is 12.9. The number of primary amides is 1.